The van der Waals surface area contributed by atoms with Gasteiger partial charge in [0, 0.05) is 31.2 Å². The predicted octanol–water partition coefficient (Wildman–Crippen LogP) is 1.47. The van der Waals surface area contributed by atoms with Gasteiger partial charge >= 0.3 is 5.97 Å². The molecule has 1 saturated heterocycles. The Balaban J connectivity index is 1.93. The molecule has 0 N–H and O–H groups in total. The van der Waals surface area contributed by atoms with Crippen LogP contribution in [0.15, 0.2) is 24.5 Å². The van der Waals surface area contributed by atoms with E-state index in [0.717, 1.165) is 25.9 Å². The van der Waals surface area contributed by atoms with Crippen molar-refractivity contribution in [1.82, 2.24) is 4.98 Å². The van der Waals surface area contributed by atoms with E-state index in [4.69, 9.17) is 4.74 Å². The van der Waals surface area contributed by atoms with E-state index in [1.54, 1.807) is 12.4 Å². The second-order valence-electron chi connectivity index (χ2n) is 3.99. The largest absolute Gasteiger partial charge is 0.469 e. The maximum Gasteiger partial charge on any atom is 0.308 e. The number of anilines is 1. The summed E-state index contributed by atoms with van der Waals surface area (Å²) in [4.78, 5) is 17.6. The molecule has 0 aliphatic carbocycles. The molecule has 86 valence electrons. The topological polar surface area (TPSA) is 42.4 Å². The lowest BCUT2D eigenvalue weighted by Gasteiger charge is -2.32. The van der Waals surface area contributed by atoms with E-state index in [-0.39, 0.29) is 11.9 Å². The average molecular weight is 220 g/mol. The molecule has 0 aromatic carbocycles. The van der Waals surface area contributed by atoms with Crippen molar-refractivity contribution in [2.45, 2.75) is 12.8 Å². The summed E-state index contributed by atoms with van der Waals surface area (Å²) in [6, 6.07) is 4.00. The lowest BCUT2D eigenvalue weighted by Crippen LogP contribution is -2.36. The zero-order chi connectivity index (χ0) is 11.4. The van der Waals surface area contributed by atoms with Crippen molar-refractivity contribution >= 4 is 11.7 Å². The Labute approximate surface area is 95.2 Å². The van der Waals surface area contributed by atoms with E-state index in [2.05, 4.69) is 9.88 Å². The van der Waals surface area contributed by atoms with Crippen LogP contribution in [-0.4, -0.2) is 31.2 Å². The van der Waals surface area contributed by atoms with Gasteiger partial charge in [0.15, 0.2) is 0 Å². The monoisotopic (exact) mass is 220 g/mol. The van der Waals surface area contributed by atoms with Crippen molar-refractivity contribution in [3.05, 3.63) is 24.5 Å². The van der Waals surface area contributed by atoms with Gasteiger partial charge in [-0.15, -0.1) is 0 Å². The fourth-order valence-electron chi connectivity index (χ4n) is 2.09. The molecule has 1 aromatic rings. The summed E-state index contributed by atoms with van der Waals surface area (Å²) in [6.07, 6.45) is 5.33. The molecule has 1 aliphatic rings. The molecule has 0 radical (unpaired) electrons. The molecule has 1 aromatic heterocycles. The zero-order valence-corrected chi connectivity index (χ0v) is 9.43. The lowest BCUT2D eigenvalue weighted by atomic mass is 9.97. The molecule has 1 aliphatic heterocycles. The van der Waals surface area contributed by atoms with Crippen LogP contribution in [0, 0.1) is 5.92 Å². The maximum absolute atomic E-state index is 11.4. The number of aromatic nitrogens is 1. The number of carbonyl (C=O) groups is 1. The van der Waals surface area contributed by atoms with Gasteiger partial charge in [-0.3, -0.25) is 9.78 Å². The van der Waals surface area contributed by atoms with Gasteiger partial charge in [-0.2, -0.15) is 0 Å². The lowest BCUT2D eigenvalue weighted by molar-refractivity contribution is -0.146. The number of methoxy groups -OCH3 is 1. The number of piperidine rings is 1. The van der Waals surface area contributed by atoms with Gasteiger partial charge in [0.1, 0.15) is 0 Å². The summed E-state index contributed by atoms with van der Waals surface area (Å²) < 4.78 is 4.76. The van der Waals surface area contributed by atoms with Gasteiger partial charge < -0.3 is 9.64 Å². The van der Waals surface area contributed by atoms with Crippen LogP contribution in [0.5, 0.6) is 0 Å². The fraction of sp³-hybridized carbons (Fsp3) is 0.500. The van der Waals surface area contributed by atoms with E-state index >= 15 is 0 Å². The highest BCUT2D eigenvalue weighted by molar-refractivity contribution is 5.72. The Bertz CT molecular complexity index is 345. The SMILES string of the molecule is COC(=O)C1CCN(c2ccncc2)CC1. The van der Waals surface area contributed by atoms with Gasteiger partial charge in [0.05, 0.1) is 13.0 Å². The number of esters is 1. The summed E-state index contributed by atoms with van der Waals surface area (Å²) in [5.41, 5.74) is 1.18. The number of pyridine rings is 1. The van der Waals surface area contributed by atoms with Crippen LogP contribution in [0.2, 0.25) is 0 Å². The van der Waals surface area contributed by atoms with Gasteiger partial charge in [-0.1, -0.05) is 0 Å². The number of hydrogen-bond donors (Lipinski definition) is 0. The number of ether oxygens (including phenoxy) is 1. The van der Waals surface area contributed by atoms with E-state index in [1.165, 1.54) is 12.8 Å². The molecule has 4 heteroatoms. The van der Waals surface area contributed by atoms with Crippen LogP contribution in [-0.2, 0) is 9.53 Å². The van der Waals surface area contributed by atoms with Crippen LogP contribution in [0.4, 0.5) is 5.69 Å². The Kier molecular flexibility index (Phi) is 3.39. The molecule has 1 fully saturated rings. The first kappa shape index (κ1) is 10.9. The second kappa shape index (κ2) is 4.96. The Hall–Kier alpha value is -1.58. The number of rotatable bonds is 2. The molecular formula is C12H16N2O2. The first-order valence-electron chi connectivity index (χ1n) is 5.54. The molecule has 16 heavy (non-hydrogen) atoms. The minimum atomic E-state index is -0.0746. The maximum atomic E-state index is 11.4. The van der Waals surface area contributed by atoms with Crippen molar-refractivity contribution in [3.8, 4) is 0 Å². The highest BCUT2D eigenvalue weighted by Crippen LogP contribution is 2.23. The van der Waals surface area contributed by atoms with Gasteiger partial charge in [-0.25, -0.2) is 0 Å². The predicted molar refractivity (Wildman–Crippen MR) is 61.2 cm³/mol. The number of nitrogens with zero attached hydrogens (tertiary/aromatic N) is 2. The minimum absolute atomic E-state index is 0.0723. The molecular weight excluding hydrogens is 204 g/mol. The van der Waals surface area contributed by atoms with E-state index in [1.807, 2.05) is 12.1 Å². The van der Waals surface area contributed by atoms with Crippen molar-refractivity contribution in [2.24, 2.45) is 5.92 Å². The first-order valence-corrected chi connectivity index (χ1v) is 5.54. The van der Waals surface area contributed by atoms with Crippen LogP contribution < -0.4 is 4.90 Å². The third kappa shape index (κ3) is 2.32. The first-order chi connectivity index (χ1) is 7.81. The van der Waals surface area contributed by atoms with Crippen molar-refractivity contribution in [2.75, 3.05) is 25.1 Å². The molecule has 0 unspecified atom stereocenters. The van der Waals surface area contributed by atoms with E-state index < -0.39 is 0 Å². The summed E-state index contributed by atoms with van der Waals surface area (Å²) in [7, 11) is 1.46. The minimum Gasteiger partial charge on any atom is -0.469 e. The normalized spacial score (nSPS) is 17.2. The van der Waals surface area contributed by atoms with Crippen LogP contribution >= 0.6 is 0 Å². The molecule has 0 spiro atoms. The smallest absolute Gasteiger partial charge is 0.308 e. The van der Waals surface area contributed by atoms with Gasteiger partial charge in [0.2, 0.25) is 0 Å². The fourth-order valence-corrected chi connectivity index (χ4v) is 2.09. The summed E-state index contributed by atoms with van der Waals surface area (Å²) in [6.45, 7) is 1.81. The van der Waals surface area contributed by atoms with Gasteiger partial charge in [-0.05, 0) is 25.0 Å². The number of carbonyl (C=O) groups excluding carboxylic acids is 1. The van der Waals surface area contributed by atoms with E-state index in [0.29, 0.717) is 0 Å². The van der Waals surface area contributed by atoms with E-state index in [9.17, 15) is 4.79 Å². The average Bonchev–Trinajstić information content (AvgIpc) is 2.39. The highest BCUT2D eigenvalue weighted by atomic mass is 16.5. The molecule has 0 amide bonds. The summed E-state index contributed by atoms with van der Waals surface area (Å²) in [5.74, 6) is -0.00235. The highest BCUT2D eigenvalue weighted by Gasteiger charge is 2.25. The number of hydrogen-bond acceptors (Lipinski definition) is 4. The van der Waals surface area contributed by atoms with Crippen LogP contribution in [0.25, 0.3) is 0 Å². The van der Waals surface area contributed by atoms with Gasteiger partial charge in [0.25, 0.3) is 0 Å². The third-order valence-corrected chi connectivity index (χ3v) is 3.06. The Morgan fingerprint density at radius 2 is 2.00 bits per heavy atom. The molecule has 0 saturated carbocycles. The molecule has 0 atom stereocenters. The summed E-state index contributed by atoms with van der Waals surface area (Å²) in [5, 5.41) is 0. The quantitative estimate of drug-likeness (QED) is 0.708. The molecule has 4 nitrogen and oxygen atoms in total. The van der Waals surface area contributed by atoms with Crippen molar-refractivity contribution < 1.29 is 9.53 Å². The molecule has 2 rings (SSSR count). The molecule has 2 heterocycles. The molecule has 0 bridgehead atoms. The second-order valence-corrected chi connectivity index (χ2v) is 3.99. The Morgan fingerprint density at radius 3 is 2.56 bits per heavy atom. The zero-order valence-electron chi connectivity index (χ0n) is 9.43. The van der Waals surface area contributed by atoms with Crippen molar-refractivity contribution in [1.29, 1.82) is 0 Å². The van der Waals surface area contributed by atoms with Crippen LogP contribution in [0.3, 0.4) is 0 Å². The van der Waals surface area contributed by atoms with Crippen LogP contribution in [0.1, 0.15) is 12.8 Å². The Morgan fingerprint density at radius 1 is 1.38 bits per heavy atom. The third-order valence-electron chi connectivity index (χ3n) is 3.06. The van der Waals surface area contributed by atoms with Crippen molar-refractivity contribution in [3.63, 3.8) is 0 Å². The standard InChI is InChI=1S/C12H16N2O2/c1-16-12(15)10-4-8-14(9-5-10)11-2-6-13-7-3-11/h2-3,6-7,10H,4-5,8-9H2,1H3. The summed E-state index contributed by atoms with van der Waals surface area (Å²) >= 11 is 0.